The molecule has 1 unspecified atom stereocenters. The molecule has 4 nitrogen and oxygen atoms in total. The van der Waals surface area contributed by atoms with Gasteiger partial charge in [0.1, 0.15) is 0 Å². The molecule has 3 rings (SSSR count). The zero-order valence-electron chi connectivity index (χ0n) is 18.1. The number of benzene rings is 3. The van der Waals surface area contributed by atoms with E-state index in [0.717, 1.165) is 27.8 Å². The lowest BCUT2D eigenvalue weighted by Gasteiger charge is -2.14. The smallest absolute Gasteiger partial charge is 0.172 e. The number of likely N-dealkylation sites (N-methyl/N-ethyl adjacent to an activating group) is 1. The number of rotatable bonds is 8. The zero-order valence-corrected chi connectivity index (χ0v) is 18.9. The van der Waals surface area contributed by atoms with Crippen LogP contribution < -0.4 is 14.8 Å². The number of hydrogen-bond acceptors (Lipinski definition) is 4. The predicted octanol–water partition coefficient (Wildman–Crippen LogP) is 5.63. The summed E-state index contributed by atoms with van der Waals surface area (Å²) in [4.78, 5) is 12.7. The third kappa shape index (κ3) is 5.35. The van der Waals surface area contributed by atoms with Crippen molar-refractivity contribution in [2.24, 2.45) is 0 Å². The Labute approximate surface area is 188 Å². The van der Waals surface area contributed by atoms with Crippen LogP contribution in [-0.4, -0.2) is 33.1 Å². The molecule has 0 bridgehead atoms. The van der Waals surface area contributed by atoms with Crippen LogP contribution in [0.1, 0.15) is 18.1 Å². The van der Waals surface area contributed by atoms with Crippen molar-refractivity contribution in [2.75, 3.05) is 21.3 Å². The number of ether oxygens (including phenoxy) is 2. The highest BCUT2D eigenvalue weighted by Crippen LogP contribution is 2.34. The Kier molecular flexibility index (Phi) is 7.50. The monoisotopic (exact) mass is 435 g/mol. The summed E-state index contributed by atoms with van der Waals surface area (Å²) in [6.45, 7) is 1.84. The summed E-state index contributed by atoms with van der Waals surface area (Å²) in [6, 6.07) is 21.2. The van der Waals surface area contributed by atoms with Crippen LogP contribution in [0.3, 0.4) is 0 Å². The predicted molar refractivity (Wildman–Crippen MR) is 127 cm³/mol. The molecular weight excluding hydrogens is 410 g/mol. The molecule has 0 fully saturated rings. The van der Waals surface area contributed by atoms with Gasteiger partial charge in [-0.25, -0.2) is 0 Å². The summed E-state index contributed by atoms with van der Waals surface area (Å²) in [6.07, 6.45) is 1.68. The first kappa shape index (κ1) is 22.6. The summed E-state index contributed by atoms with van der Waals surface area (Å²) in [7, 11) is 4.97. The van der Waals surface area contributed by atoms with E-state index in [4.69, 9.17) is 21.1 Å². The molecule has 5 heteroatoms. The van der Waals surface area contributed by atoms with Gasteiger partial charge in [0.2, 0.25) is 0 Å². The van der Waals surface area contributed by atoms with E-state index in [0.29, 0.717) is 16.5 Å². The van der Waals surface area contributed by atoms with Crippen molar-refractivity contribution in [3.63, 3.8) is 0 Å². The van der Waals surface area contributed by atoms with Gasteiger partial charge in [-0.05, 0) is 72.1 Å². The summed E-state index contributed by atoms with van der Waals surface area (Å²) in [5, 5.41) is 3.70. The Balaban J connectivity index is 2.05. The Morgan fingerprint density at radius 3 is 1.97 bits per heavy atom. The number of ketones is 1. The number of hydrogen-bond donors (Lipinski definition) is 1. The Morgan fingerprint density at radius 2 is 1.42 bits per heavy atom. The van der Waals surface area contributed by atoms with E-state index in [-0.39, 0.29) is 11.8 Å². The molecule has 1 N–H and O–H groups in total. The Morgan fingerprint density at radius 1 is 0.871 bits per heavy atom. The standard InChI is InChI=1S/C26H26ClNO3/c1-17(28-2)24(29)16-23(21-11-14-25(30-3)26(15-21)31-4)20-7-5-18(6-8-20)19-9-12-22(27)13-10-19/h5-17,28H,1-4H3. The van der Waals surface area contributed by atoms with Crippen LogP contribution >= 0.6 is 11.6 Å². The molecule has 0 aliphatic carbocycles. The lowest BCUT2D eigenvalue weighted by molar-refractivity contribution is -0.115. The summed E-state index contributed by atoms with van der Waals surface area (Å²) in [5.74, 6) is 1.24. The Hall–Kier alpha value is -3.08. The molecule has 0 aliphatic rings. The summed E-state index contributed by atoms with van der Waals surface area (Å²) >= 11 is 6.00. The minimum atomic E-state index is -0.288. The maximum atomic E-state index is 12.7. The normalized spacial score (nSPS) is 12.4. The van der Waals surface area contributed by atoms with Crippen LogP contribution in [0.4, 0.5) is 0 Å². The molecule has 0 heterocycles. The molecule has 1 atom stereocenters. The van der Waals surface area contributed by atoms with Crippen LogP contribution in [-0.2, 0) is 4.79 Å². The first-order valence-electron chi connectivity index (χ1n) is 9.98. The van der Waals surface area contributed by atoms with Crippen LogP contribution in [0, 0.1) is 0 Å². The average Bonchev–Trinajstić information content (AvgIpc) is 2.82. The number of carbonyl (C=O) groups excluding carboxylic acids is 1. The van der Waals surface area contributed by atoms with Crippen molar-refractivity contribution < 1.29 is 14.3 Å². The van der Waals surface area contributed by atoms with Crippen molar-refractivity contribution in [2.45, 2.75) is 13.0 Å². The second-order valence-electron chi connectivity index (χ2n) is 7.12. The highest BCUT2D eigenvalue weighted by molar-refractivity contribution is 6.30. The fourth-order valence-corrected chi connectivity index (χ4v) is 3.36. The first-order valence-corrected chi connectivity index (χ1v) is 10.4. The fraction of sp³-hybridized carbons (Fsp3) is 0.192. The van der Waals surface area contributed by atoms with Gasteiger partial charge < -0.3 is 14.8 Å². The van der Waals surface area contributed by atoms with Crippen LogP contribution in [0.5, 0.6) is 11.5 Å². The van der Waals surface area contributed by atoms with Gasteiger partial charge in [0, 0.05) is 5.02 Å². The van der Waals surface area contributed by atoms with E-state index < -0.39 is 0 Å². The van der Waals surface area contributed by atoms with Crippen molar-refractivity contribution in [1.29, 1.82) is 0 Å². The molecule has 0 saturated carbocycles. The summed E-state index contributed by atoms with van der Waals surface area (Å²) < 4.78 is 10.8. The van der Waals surface area contributed by atoms with E-state index in [9.17, 15) is 4.79 Å². The van der Waals surface area contributed by atoms with Crippen LogP contribution in [0.2, 0.25) is 5.02 Å². The minimum Gasteiger partial charge on any atom is -0.493 e. The van der Waals surface area contributed by atoms with Gasteiger partial charge in [0.25, 0.3) is 0 Å². The number of halogens is 1. The number of carbonyl (C=O) groups is 1. The molecule has 0 spiro atoms. The first-order chi connectivity index (χ1) is 15.0. The van der Waals surface area contributed by atoms with Crippen molar-refractivity contribution in [3.05, 3.63) is 89.0 Å². The molecule has 0 aromatic heterocycles. The Bertz CT molecular complexity index is 1070. The second-order valence-corrected chi connectivity index (χ2v) is 7.56. The molecule has 3 aromatic carbocycles. The molecule has 0 aliphatic heterocycles. The second kappa shape index (κ2) is 10.3. The molecule has 31 heavy (non-hydrogen) atoms. The van der Waals surface area contributed by atoms with E-state index >= 15 is 0 Å². The van der Waals surface area contributed by atoms with Gasteiger partial charge in [0.15, 0.2) is 17.3 Å². The van der Waals surface area contributed by atoms with Gasteiger partial charge in [-0.3, -0.25) is 4.79 Å². The zero-order chi connectivity index (χ0) is 22.4. The number of nitrogens with one attached hydrogen (secondary N) is 1. The third-order valence-electron chi connectivity index (χ3n) is 5.21. The SMILES string of the molecule is CNC(C)C(=O)C=C(c1ccc(-c2ccc(Cl)cc2)cc1)c1ccc(OC)c(OC)c1. The molecular formula is C26H26ClNO3. The molecule has 0 radical (unpaired) electrons. The summed E-state index contributed by atoms with van der Waals surface area (Å²) in [5.41, 5.74) is 4.76. The topological polar surface area (TPSA) is 47.6 Å². The average molecular weight is 436 g/mol. The lowest BCUT2D eigenvalue weighted by atomic mass is 9.93. The molecule has 0 saturated heterocycles. The molecule has 3 aromatic rings. The maximum Gasteiger partial charge on any atom is 0.172 e. The van der Waals surface area contributed by atoms with E-state index in [1.807, 2.05) is 73.7 Å². The van der Waals surface area contributed by atoms with E-state index in [1.165, 1.54) is 0 Å². The van der Waals surface area contributed by atoms with Gasteiger partial charge in [-0.2, -0.15) is 0 Å². The minimum absolute atomic E-state index is 0.00550. The maximum absolute atomic E-state index is 12.7. The van der Waals surface area contributed by atoms with Gasteiger partial charge in [0.05, 0.1) is 20.3 Å². The highest BCUT2D eigenvalue weighted by atomic mass is 35.5. The van der Waals surface area contributed by atoms with Crippen LogP contribution in [0.15, 0.2) is 72.8 Å². The van der Waals surface area contributed by atoms with Gasteiger partial charge in [-0.15, -0.1) is 0 Å². The quantitative estimate of drug-likeness (QED) is 0.465. The largest absolute Gasteiger partial charge is 0.493 e. The van der Waals surface area contributed by atoms with Gasteiger partial charge in [-0.1, -0.05) is 54.1 Å². The van der Waals surface area contributed by atoms with E-state index in [1.54, 1.807) is 27.3 Å². The fourth-order valence-electron chi connectivity index (χ4n) is 3.23. The van der Waals surface area contributed by atoms with Crippen molar-refractivity contribution >= 4 is 23.0 Å². The molecule has 0 amide bonds. The number of methoxy groups -OCH3 is 2. The van der Waals surface area contributed by atoms with Crippen LogP contribution in [0.25, 0.3) is 16.7 Å². The lowest BCUT2D eigenvalue weighted by Crippen LogP contribution is -2.29. The highest BCUT2D eigenvalue weighted by Gasteiger charge is 2.15. The van der Waals surface area contributed by atoms with Crippen molar-refractivity contribution in [3.8, 4) is 22.6 Å². The van der Waals surface area contributed by atoms with Gasteiger partial charge >= 0.3 is 0 Å². The van der Waals surface area contributed by atoms with Crippen molar-refractivity contribution in [1.82, 2.24) is 5.32 Å². The third-order valence-corrected chi connectivity index (χ3v) is 5.47. The molecule has 160 valence electrons. The van der Waals surface area contributed by atoms with E-state index in [2.05, 4.69) is 5.32 Å².